The van der Waals surface area contributed by atoms with Crippen LogP contribution in [-0.4, -0.2) is 22.3 Å². The van der Waals surface area contributed by atoms with Crippen LogP contribution in [0, 0.1) is 6.92 Å². The summed E-state index contributed by atoms with van der Waals surface area (Å²) in [4.78, 5) is 12.5. The highest BCUT2D eigenvalue weighted by molar-refractivity contribution is 7.10. The Morgan fingerprint density at radius 1 is 1.50 bits per heavy atom. The van der Waals surface area contributed by atoms with Crippen LogP contribution in [-0.2, 0) is 10.2 Å². The first-order valence-electron chi connectivity index (χ1n) is 5.52. The molecule has 0 aliphatic heterocycles. The number of carbonyl (C=O) groups is 1. The molecule has 16 heavy (non-hydrogen) atoms. The Morgan fingerprint density at radius 3 is 2.56 bits per heavy atom. The number of carboxylic acid groups (broad SMARTS) is 1. The van der Waals surface area contributed by atoms with Crippen molar-refractivity contribution >= 4 is 17.3 Å². The lowest BCUT2D eigenvalue weighted by Gasteiger charge is -2.34. The Hall–Kier alpha value is -0.870. The average Bonchev–Trinajstić information content (AvgIpc) is 2.66. The Labute approximate surface area is 98.7 Å². The van der Waals surface area contributed by atoms with Gasteiger partial charge in [0.05, 0.1) is 6.10 Å². The topological polar surface area (TPSA) is 57.5 Å². The number of aryl methyl sites for hydroxylation is 1. The van der Waals surface area contributed by atoms with Crippen molar-refractivity contribution < 1.29 is 15.0 Å². The van der Waals surface area contributed by atoms with Gasteiger partial charge in [0, 0.05) is 4.88 Å². The predicted octanol–water partition coefficient (Wildman–Crippen LogP) is 2.31. The van der Waals surface area contributed by atoms with Crippen molar-refractivity contribution in [3.8, 4) is 0 Å². The number of aliphatic hydroxyl groups is 1. The van der Waals surface area contributed by atoms with E-state index in [9.17, 15) is 15.0 Å². The minimum absolute atomic E-state index is 0.325. The molecule has 1 aliphatic rings. The molecule has 0 saturated heterocycles. The van der Waals surface area contributed by atoms with Crippen LogP contribution in [0.15, 0.2) is 11.4 Å². The van der Waals surface area contributed by atoms with Crippen molar-refractivity contribution in [2.24, 2.45) is 0 Å². The fourth-order valence-corrected chi connectivity index (χ4v) is 3.50. The maximum absolute atomic E-state index is 11.5. The zero-order valence-corrected chi connectivity index (χ0v) is 10.1. The Bertz CT molecular complexity index is 389. The summed E-state index contributed by atoms with van der Waals surface area (Å²) in [5.41, 5.74) is 0.366. The molecule has 0 amide bonds. The minimum Gasteiger partial charge on any atom is -0.481 e. The summed E-state index contributed by atoms with van der Waals surface area (Å²) in [6, 6.07) is 1.97. The summed E-state index contributed by atoms with van der Waals surface area (Å²) in [5.74, 6) is -0.749. The molecule has 0 radical (unpaired) electrons. The third-order valence-electron chi connectivity index (χ3n) is 3.42. The van der Waals surface area contributed by atoms with Crippen molar-refractivity contribution in [1.82, 2.24) is 0 Å². The molecule has 1 aromatic heterocycles. The molecule has 0 bridgehead atoms. The van der Waals surface area contributed by atoms with Crippen molar-refractivity contribution in [3.63, 3.8) is 0 Å². The molecule has 0 spiro atoms. The van der Waals surface area contributed by atoms with E-state index in [0.29, 0.717) is 25.7 Å². The Balaban J connectivity index is 2.33. The van der Waals surface area contributed by atoms with E-state index in [-0.39, 0.29) is 6.10 Å². The SMILES string of the molecule is Cc1csc(C2(C(=O)O)CCC(O)CC2)c1. The van der Waals surface area contributed by atoms with Crippen LogP contribution >= 0.6 is 11.3 Å². The second kappa shape index (κ2) is 4.18. The van der Waals surface area contributed by atoms with Gasteiger partial charge in [0.15, 0.2) is 0 Å². The zero-order chi connectivity index (χ0) is 11.8. The average molecular weight is 240 g/mol. The molecular weight excluding hydrogens is 224 g/mol. The smallest absolute Gasteiger partial charge is 0.314 e. The summed E-state index contributed by atoms with van der Waals surface area (Å²) in [6.07, 6.45) is 1.94. The molecule has 0 unspecified atom stereocenters. The van der Waals surface area contributed by atoms with Crippen LogP contribution in [0.4, 0.5) is 0 Å². The summed E-state index contributed by atoms with van der Waals surface area (Å²) in [5, 5.41) is 20.9. The number of aliphatic hydroxyl groups excluding tert-OH is 1. The minimum atomic E-state index is -0.752. The van der Waals surface area contributed by atoms with Gasteiger partial charge in [0.2, 0.25) is 0 Å². The molecule has 3 nitrogen and oxygen atoms in total. The summed E-state index contributed by atoms with van der Waals surface area (Å²) >= 11 is 1.52. The van der Waals surface area contributed by atoms with Crippen LogP contribution in [0.3, 0.4) is 0 Å². The fraction of sp³-hybridized carbons (Fsp3) is 0.583. The second-order valence-corrected chi connectivity index (χ2v) is 5.52. The maximum atomic E-state index is 11.5. The molecule has 1 aromatic rings. The van der Waals surface area contributed by atoms with Gasteiger partial charge in [-0.05, 0) is 49.6 Å². The molecule has 0 atom stereocenters. The number of hydrogen-bond donors (Lipinski definition) is 2. The van der Waals surface area contributed by atoms with E-state index in [1.807, 2.05) is 18.4 Å². The van der Waals surface area contributed by atoms with Gasteiger partial charge in [-0.1, -0.05) is 0 Å². The van der Waals surface area contributed by atoms with Crippen LogP contribution < -0.4 is 0 Å². The van der Waals surface area contributed by atoms with Crippen molar-refractivity contribution in [1.29, 1.82) is 0 Å². The van der Waals surface area contributed by atoms with Crippen molar-refractivity contribution in [3.05, 3.63) is 21.9 Å². The number of thiophene rings is 1. The first kappa shape index (κ1) is 11.6. The highest BCUT2D eigenvalue weighted by atomic mass is 32.1. The normalized spacial score (nSPS) is 30.2. The highest BCUT2D eigenvalue weighted by Crippen LogP contribution is 2.42. The number of rotatable bonds is 2. The molecule has 1 aliphatic carbocycles. The Kier molecular flexibility index (Phi) is 3.04. The van der Waals surface area contributed by atoms with Gasteiger partial charge >= 0.3 is 5.97 Å². The highest BCUT2D eigenvalue weighted by Gasteiger charge is 2.44. The molecule has 1 heterocycles. The molecule has 0 aromatic carbocycles. The van der Waals surface area contributed by atoms with Gasteiger partial charge in [-0.2, -0.15) is 0 Å². The van der Waals surface area contributed by atoms with E-state index in [1.54, 1.807) is 0 Å². The van der Waals surface area contributed by atoms with E-state index in [2.05, 4.69) is 0 Å². The van der Waals surface area contributed by atoms with Gasteiger partial charge in [0.1, 0.15) is 5.41 Å². The summed E-state index contributed by atoms with van der Waals surface area (Å²) in [6.45, 7) is 1.98. The van der Waals surface area contributed by atoms with Gasteiger partial charge in [-0.3, -0.25) is 4.79 Å². The second-order valence-electron chi connectivity index (χ2n) is 4.61. The van der Waals surface area contributed by atoms with Crippen LogP contribution in [0.2, 0.25) is 0 Å². The van der Waals surface area contributed by atoms with Gasteiger partial charge < -0.3 is 10.2 Å². The van der Waals surface area contributed by atoms with Gasteiger partial charge in [-0.15, -0.1) is 11.3 Å². The summed E-state index contributed by atoms with van der Waals surface area (Å²) in [7, 11) is 0. The fourth-order valence-electron chi connectivity index (χ4n) is 2.34. The molecule has 2 rings (SSSR count). The van der Waals surface area contributed by atoms with E-state index in [4.69, 9.17) is 0 Å². The number of carboxylic acids is 1. The molecule has 88 valence electrons. The maximum Gasteiger partial charge on any atom is 0.314 e. The zero-order valence-electron chi connectivity index (χ0n) is 9.27. The quantitative estimate of drug-likeness (QED) is 0.834. The van der Waals surface area contributed by atoms with Crippen LogP contribution in [0.1, 0.15) is 36.1 Å². The third-order valence-corrected chi connectivity index (χ3v) is 4.67. The van der Waals surface area contributed by atoms with Gasteiger partial charge in [0.25, 0.3) is 0 Å². The largest absolute Gasteiger partial charge is 0.481 e. The lowest BCUT2D eigenvalue weighted by atomic mass is 9.72. The first-order valence-corrected chi connectivity index (χ1v) is 6.40. The Morgan fingerprint density at radius 2 is 2.12 bits per heavy atom. The van der Waals surface area contributed by atoms with E-state index in [0.717, 1.165) is 10.4 Å². The van der Waals surface area contributed by atoms with E-state index >= 15 is 0 Å². The predicted molar refractivity (Wildman–Crippen MR) is 62.8 cm³/mol. The monoisotopic (exact) mass is 240 g/mol. The van der Waals surface area contributed by atoms with E-state index < -0.39 is 11.4 Å². The lowest BCUT2D eigenvalue weighted by molar-refractivity contribution is -0.146. The van der Waals surface area contributed by atoms with E-state index in [1.165, 1.54) is 11.3 Å². The summed E-state index contributed by atoms with van der Waals surface area (Å²) < 4.78 is 0. The molecule has 1 saturated carbocycles. The molecule has 1 fully saturated rings. The van der Waals surface area contributed by atoms with Crippen LogP contribution in [0.5, 0.6) is 0 Å². The first-order chi connectivity index (χ1) is 7.54. The van der Waals surface area contributed by atoms with Gasteiger partial charge in [-0.25, -0.2) is 0 Å². The molecule has 2 N–H and O–H groups in total. The lowest BCUT2D eigenvalue weighted by Crippen LogP contribution is -2.40. The number of aliphatic carboxylic acids is 1. The standard InChI is InChI=1S/C12H16O3S/c1-8-6-10(16-7-8)12(11(14)15)4-2-9(13)3-5-12/h6-7,9,13H,2-5H2,1H3,(H,14,15). The third kappa shape index (κ3) is 1.87. The van der Waals surface area contributed by atoms with Crippen molar-refractivity contribution in [2.75, 3.05) is 0 Å². The number of hydrogen-bond acceptors (Lipinski definition) is 3. The molecular formula is C12H16O3S. The molecule has 4 heteroatoms. The van der Waals surface area contributed by atoms with Crippen molar-refractivity contribution in [2.45, 2.75) is 44.1 Å². The van der Waals surface area contributed by atoms with Crippen LogP contribution in [0.25, 0.3) is 0 Å².